The molecule has 25 heavy (non-hydrogen) atoms. The van der Waals surface area contributed by atoms with Crippen LogP contribution in [0.25, 0.3) is 5.69 Å². The third-order valence-electron chi connectivity index (χ3n) is 4.29. The first-order chi connectivity index (χ1) is 12.2. The van der Waals surface area contributed by atoms with E-state index in [-0.39, 0.29) is 18.5 Å². The summed E-state index contributed by atoms with van der Waals surface area (Å²) in [5.41, 5.74) is 1.24. The van der Waals surface area contributed by atoms with Gasteiger partial charge in [0.25, 0.3) is 5.91 Å². The number of ether oxygens (including phenoxy) is 2. The fourth-order valence-electron chi connectivity index (χ4n) is 2.93. The normalized spacial score (nSPS) is 14.9. The number of pyridine rings is 1. The zero-order chi connectivity index (χ0) is 17.6. The Balaban J connectivity index is 1.86. The summed E-state index contributed by atoms with van der Waals surface area (Å²) in [7, 11) is 1.32. The van der Waals surface area contributed by atoms with Gasteiger partial charge in [-0.3, -0.25) is 14.6 Å². The monoisotopic (exact) mass is 343 g/mol. The summed E-state index contributed by atoms with van der Waals surface area (Å²) in [6.07, 6.45) is 8.39. The zero-order valence-corrected chi connectivity index (χ0v) is 14.1. The summed E-state index contributed by atoms with van der Waals surface area (Å²) >= 11 is 0. The number of hydrogen-bond donors (Lipinski definition) is 0. The highest BCUT2D eigenvalue weighted by Crippen LogP contribution is 2.19. The van der Waals surface area contributed by atoms with Crippen molar-refractivity contribution in [3.63, 3.8) is 0 Å². The summed E-state index contributed by atoms with van der Waals surface area (Å²) < 4.78 is 12.0. The minimum atomic E-state index is -0.436. The van der Waals surface area contributed by atoms with Gasteiger partial charge in [0, 0.05) is 37.8 Å². The second kappa shape index (κ2) is 7.94. The van der Waals surface area contributed by atoms with Gasteiger partial charge in [0.2, 0.25) is 0 Å². The molecule has 1 fully saturated rings. The number of methoxy groups -OCH3 is 1. The maximum Gasteiger partial charge on any atom is 0.325 e. The molecule has 7 nitrogen and oxygen atoms in total. The predicted octanol–water partition coefficient (Wildman–Crippen LogP) is 1.67. The number of nitrogens with zero attached hydrogens (tertiary/aromatic N) is 3. The second-order valence-corrected chi connectivity index (χ2v) is 5.87. The average molecular weight is 343 g/mol. The first kappa shape index (κ1) is 17.2. The number of aromatic nitrogens is 2. The Kier molecular flexibility index (Phi) is 5.45. The van der Waals surface area contributed by atoms with Crippen LogP contribution in [0.2, 0.25) is 0 Å². The second-order valence-electron chi connectivity index (χ2n) is 5.87. The highest BCUT2D eigenvalue weighted by atomic mass is 16.5. The lowest BCUT2D eigenvalue weighted by Gasteiger charge is -2.33. The van der Waals surface area contributed by atoms with Crippen LogP contribution in [-0.2, 0) is 14.3 Å². The summed E-state index contributed by atoms with van der Waals surface area (Å²) in [5.74, 6) is -0.659. The fourth-order valence-corrected chi connectivity index (χ4v) is 2.93. The first-order valence-corrected chi connectivity index (χ1v) is 8.23. The number of carbonyl (C=O) groups is 2. The number of carbonyl (C=O) groups excluding carboxylic acids is 2. The summed E-state index contributed by atoms with van der Waals surface area (Å²) in [5, 5.41) is 0. The lowest BCUT2D eigenvalue weighted by Crippen LogP contribution is -2.46. The third-order valence-corrected chi connectivity index (χ3v) is 4.29. The number of esters is 1. The molecular weight excluding hydrogens is 322 g/mol. The van der Waals surface area contributed by atoms with Crippen molar-refractivity contribution < 1.29 is 19.1 Å². The van der Waals surface area contributed by atoms with E-state index in [1.54, 1.807) is 17.2 Å². The molecule has 0 aromatic carbocycles. The van der Waals surface area contributed by atoms with Crippen LogP contribution in [0.3, 0.4) is 0 Å². The van der Waals surface area contributed by atoms with E-state index < -0.39 is 5.97 Å². The van der Waals surface area contributed by atoms with Crippen LogP contribution in [-0.4, -0.2) is 59.2 Å². The molecule has 0 unspecified atom stereocenters. The van der Waals surface area contributed by atoms with E-state index in [9.17, 15) is 9.59 Å². The molecule has 1 amide bonds. The van der Waals surface area contributed by atoms with Crippen molar-refractivity contribution >= 4 is 11.9 Å². The van der Waals surface area contributed by atoms with Gasteiger partial charge in [-0.2, -0.15) is 0 Å². The fraction of sp³-hybridized carbons (Fsp3) is 0.389. The molecule has 7 heteroatoms. The summed E-state index contributed by atoms with van der Waals surface area (Å²) in [6.45, 7) is 1.09. The standard InChI is InChI=1S/C18H21N3O4/c1-24-17(22)13-21(15-4-8-25-9-5-15)18(23)14-10-16(12-19-11-14)20-6-2-3-7-20/h2-3,6-7,10-12,15H,4-5,8-9,13H2,1H3. The Hall–Kier alpha value is -2.67. The van der Waals surface area contributed by atoms with E-state index in [2.05, 4.69) is 4.98 Å². The number of amides is 1. The van der Waals surface area contributed by atoms with Crippen molar-refractivity contribution in [2.24, 2.45) is 0 Å². The molecule has 0 bridgehead atoms. The van der Waals surface area contributed by atoms with Gasteiger partial charge < -0.3 is 18.9 Å². The molecule has 0 atom stereocenters. The van der Waals surface area contributed by atoms with E-state index in [4.69, 9.17) is 9.47 Å². The summed E-state index contributed by atoms with van der Waals surface area (Å²) in [6, 6.07) is 5.54. The molecule has 0 radical (unpaired) electrons. The van der Waals surface area contributed by atoms with Crippen LogP contribution >= 0.6 is 0 Å². The van der Waals surface area contributed by atoms with Crippen LogP contribution in [0, 0.1) is 0 Å². The van der Waals surface area contributed by atoms with Gasteiger partial charge >= 0.3 is 5.97 Å². The van der Waals surface area contributed by atoms with Crippen molar-refractivity contribution in [3.05, 3.63) is 48.5 Å². The molecule has 132 valence electrons. The third kappa shape index (κ3) is 4.06. The minimum Gasteiger partial charge on any atom is -0.468 e. The predicted molar refractivity (Wildman–Crippen MR) is 90.5 cm³/mol. The molecule has 1 aliphatic rings. The van der Waals surface area contributed by atoms with Crippen molar-refractivity contribution in [1.29, 1.82) is 0 Å². The maximum absolute atomic E-state index is 13.0. The molecular formula is C18H21N3O4. The highest BCUT2D eigenvalue weighted by Gasteiger charge is 2.29. The van der Waals surface area contributed by atoms with Gasteiger partial charge in [0.15, 0.2) is 0 Å². The Morgan fingerprint density at radius 3 is 2.68 bits per heavy atom. The van der Waals surface area contributed by atoms with Crippen LogP contribution in [0.4, 0.5) is 0 Å². The van der Waals surface area contributed by atoms with Gasteiger partial charge in [0.1, 0.15) is 6.54 Å². The van der Waals surface area contributed by atoms with Crippen molar-refractivity contribution in [2.75, 3.05) is 26.9 Å². The van der Waals surface area contributed by atoms with Gasteiger partial charge in [-0.15, -0.1) is 0 Å². The molecule has 2 aromatic heterocycles. The van der Waals surface area contributed by atoms with Gasteiger partial charge in [-0.1, -0.05) is 0 Å². The van der Waals surface area contributed by atoms with Crippen LogP contribution < -0.4 is 0 Å². The van der Waals surface area contributed by atoms with E-state index in [0.717, 1.165) is 5.69 Å². The summed E-state index contributed by atoms with van der Waals surface area (Å²) in [4.78, 5) is 30.6. The van der Waals surface area contributed by atoms with Crippen molar-refractivity contribution in [3.8, 4) is 5.69 Å². The maximum atomic E-state index is 13.0. The molecule has 0 saturated carbocycles. The Morgan fingerprint density at radius 1 is 1.28 bits per heavy atom. The number of rotatable bonds is 5. The highest BCUT2D eigenvalue weighted by molar-refractivity contribution is 5.96. The SMILES string of the molecule is COC(=O)CN(C(=O)c1cncc(-n2cccc2)c1)C1CCOCC1. The van der Waals surface area contributed by atoms with Crippen LogP contribution in [0.1, 0.15) is 23.2 Å². The average Bonchev–Trinajstić information content (AvgIpc) is 3.21. The lowest BCUT2D eigenvalue weighted by atomic mass is 10.1. The van der Waals surface area contributed by atoms with Gasteiger partial charge in [-0.25, -0.2) is 0 Å². The Morgan fingerprint density at radius 2 is 2.00 bits per heavy atom. The molecule has 0 spiro atoms. The topological polar surface area (TPSA) is 73.7 Å². The largest absolute Gasteiger partial charge is 0.468 e. The zero-order valence-electron chi connectivity index (χ0n) is 14.1. The van der Waals surface area contributed by atoms with Crippen molar-refractivity contribution in [2.45, 2.75) is 18.9 Å². The van der Waals surface area contributed by atoms with Crippen LogP contribution in [0.15, 0.2) is 43.0 Å². The van der Waals surface area contributed by atoms with Crippen LogP contribution in [0.5, 0.6) is 0 Å². The number of hydrogen-bond acceptors (Lipinski definition) is 5. The lowest BCUT2D eigenvalue weighted by molar-refractivity contribution is -0.142. The van der Waals surface area contributed by atoms with Gasteiger partial charge in [-0.05, 0) is 31.0 Å². The van der Waals surface area contributed by atoms with E-state index in [1.165, 1.54) is 13.3 Å². The molecule has 3 heterocycles. The molecule has 1 saturated heterocycles. The molecule has 1 aliphatic heterocycles. The molecule has 2 aromatic rings. The smallest absolute Gasteiger partial charge is 0.325 e. The van der Waals surface area contributed by atoms with E-state index in [0.29, 0.717) is 31.6 Å². The Labute approximate surface area is 146 Å². The quantitative estimate of drug-likeness (QED) is 0.772. The van der Waals surface area contributed by atoms with E-state index in [1.807, 2.05) is 29.1 Å². The van der Waals surface area contributed by atoms with Crippen molar-refractivity contribution in [1.82, 2.24) is 14.5 Å². The van der Waals surface area contributed by atoms with Gasteiger partial charge in [0.05, 0.1) is 24.6 Å². The molecule has 3 rings (SSSR count). The molecule has 0 aliphatic carbocycles. The minimum absolute atomic E-state index is 0.0458. The molecule has 0 N–H and O–H groups in total. The first-order valence-electron chi connectivity index (χ1n) is 8.23. The van der Waals surface area contributed by atoms with E-state index >= 15 is 0 Å². The Bertz CT molecular complexity index is 724.